The summed E-state index contributed by atoms with van der Waals surface area (Å²) in [5.41, 5.74) is 0. The highest BCUT2D eigenvalue weighted by atomic mass is 16.7. The van der Waals surface area contributed by atoms with Crippen molar-refractivity contribution >= 4 is 17.9 Å². The fourth-order valence-electron chi connectivity index (χ4n) is 2.22. The van der Waals surface area contributed by atoms with Gasteiger partial charge >= 0.3 is 17.9 Å². The summed E-state index contributed by atoms with van der Waals surface area (Å²) >= 11 is 0. The molecule has 0 aromatic heterocycles. The summed E-state index contributed by atoms with van der Waals surface area (Å²) in [6, 6.07) is 0. The third kappa shape index (κ3) is 4.85. The first kappa shape index (κ1) is 20.3. The lowest BCUT2D eigenvalue weighted by Gasteiger charge is -2.43. The molecule has 0 aliphatic carbocycles. The maximum Gasteiger partial charge on any atom is 0.364 e. The van der Waals surface area contributed by atoms with Gasteiger partial charge in [0.2, 0.25) is 0 Å². The largest absolute Gasteiger partial charge is 0.477 e. The van der Waals surface area contributed by atoms with E-state index in [1.807, 2.05) is 0 Å². The number of carbonyl (C=O) groups is 3. The predicted octanol–water partition coefficient (Wildman–Crippen LogP) is -2.87. The zero-order chi connectivity index (χ0) is 18.7. The maximum atomic E-state index is 11.2. The third-order valence-corrected chi connectivity index (χ3v) is 3.34. The van der Waals surface area contributed by atoms with Crippen molar-refractivity contribution in [2.75, 3.05) is 6.61 Å². The van der Waals surface area contributed by atoms with Crippen molar-refractivity contribution in [3.63, 3.8) is 0 Å². The third-order valence-electron chi connectivity index (χ3n) is 3.34. The van der Waals surface area contributed by atoms with Gasteiger partial charge in [-0.05, 0) is 0 Å². The van der Waals surface area contributed by atoms with Gasteiger partial charge in [0.1, 0.15) is 24.9 Å². The van der Waals surface area contributed by atoms with Crippen molar-refractivity contribution in [1.29, 1.82) is 0 Å². The Morgan fingerprint density at radius 3 is 2.29 bits per heavy atom. The van der Waals surface area contributed by atoms with Crippen LogP contribution in [0.15, 0.2) is 0 Å². The van der Waals surface area contributed by atoms with E-state index < -0.39 is 67.2 Å². The number of aliphatic hydroxyl groups excluding tert-OH is 3. The lowest BCUT2D eigenvalue weighted by Crippen LogP contribution is -2.63. The van der Waals surface area contributed by atoms with Gasteiger partial charge in [0, 0.05) is 20.3 Å². The Morgan fingerprint density at radius 2 is 1.83 bits per heavy atom. The summed E-state index contributed by atoms with van der Waals surface area (Å²) in [6.07, 6.45) is -9.56. The van der Waals surface area contributed by atoms with Gasteiger partial charge in [-0.3, -0.25) is 9.59 Å². The molecule has 138 valence electrons. The number of esters is 2. The van der Waals surface area contributed by atoms with E-state index in [2.05, 4.69) is 4.74 Å². The van der Waals surface area contributed by atoms with Gasteiger partial charge in [-0.1, -0.05) is 0 Å². The molecule has 1 rings (SSSR count). The number of carboxylic acid groups (broad SMARTS) is 1. The number of rotatable bonds is 6. The lowest BCUT2D eigenvalue weighted by atomic mass is 9.91. The number of aliphatic hydroxyl groups is 4. The van der Waals surface area contributed by atoms with E-state index in [0.29, 0.717) is 0 Å². The van der Waals surface area contributed by atoms with Crippen LogP contribution in [0, 0.1) is 0 Å². The molecule has 1 aliphatic heterocycles. The molecule has 1 saturated heterocycles. The molecule has 11 nitrogen and oxygen atoms in total. The standard InChI is InChI=1S/C13H20O11/c1-5(14)22-4-8(17)10(23-6(2)15)11-9(18)7(16)3-13(21,24-11)12(19)20/h7-11,16-18,21H,3-4H2,1-2H3,(H,19,20)/t7-,8+,9+,10+,11+,13?/m0/s1. The van der Waals surface area contributed by atoms with Crippen molar-refractivity contribution in [3.8, 4) is 0 Å². The maximum absolute atomic E-state index is 11.2. The molecule has 11 heteroatoms. The number of carboxylic acids is 1. The van der Waals surface area contributed by atoms with Crippen molar-refractivity contribution in [2.45, 2.75) is 56.6 Å². The van der Waals surface area contributed by atoms with E-state index in [0.717, 1.165) is 13.8 Å². The Hall–Kier alpha value is -1.79. The van der Waals surface area contributed by atoms with Crippen LogP contribution in [0.3, 0.4) is 0 Å². The Bertz CT molecular complexity index is 492. The predicted molar refractivity (Wildman–Crippen MR) is 72.3 cm³/mol. The zero-order valence-electron chi connectivity index (χ0n) is 13.0. The summed E-state index contributed by atoms with van der Waals surface area (Å²) < 4.78 is 14.2. The summed E-state index contributed by atoms with van der Waals surface area (Å²) in [5, 5.41) is 48.6. The van der Waals surface area contributed by atoms with Gasteiger partial charge in [0.25, 0.3) is 5.79 Å². The second-order valence-electron chi connectivity index (χ2n) is 5.38. The molecule has 0 amide bonds. The molecule has 0 aromatic rings. The highest BCUT2D eigenvalue weighted by Gasteiger charge is 2.54. The second-order valence-corrected chi connectivity index (χ2v) is 5.38. The Kier molecular flexibility index (Phi) is 6.63. The highest BCUT2D eigenvalue weighted by molar-refractivity contribution is 5.75. The lowest BCUT2D eigenvalue weighted by molar-refractivity contribution is -0.314. The molecule has 1 unspecified atom stereocenters. The average Bonchev–Trinajstić information content (AvgIpc) is 2.46. The van der Waals surface area contributed by atoms with Gasteiger partial charge in [-0.25, -0.2) is 4.79 Å². The first-order valence-electron chi connectivity index (χ1n) is 6.96. The monoisotopic (exact) mass is 352 g/mol. The summed E-state index contributed by atoms with van der Waals surface area (Å²) in [5.74, 6) is -6.36. The molecule has 0 aromatic carbocycles. The van der Waals surface area contributed by atoms with Gasteiger partial charge in [-0.2, -0.15) is 0 Å². The van der Waals surface area contributed by atoms with E-state index in [1.165, 1.54) is 0 Å². The molecule has 5 N–H and O–H groups in total. The van der Waals surface area contributed by atoms with E-state index in [4.69, 9.17) is 14.6 Å². The van der Waals surface area contributed by atoms with Crippen LogP contribution in [0.5, 0.6) is 0 Å². The zero-order valence-corrected chi connectivity index (χ0v) is 13.0. The molecule has 0 spiro atoms. The molecule has 24 heavy (non-hydrogen) atoms. The average molecular weight is 352 g/mol. The number of carbonyl (C=O) groups excluding carboxylic acids is 2. The Labute approximate surface area is 136 Å². The molecule has 1 heterocycles. The van der Waals surface area contributed by atoms with Crippen LogP contribution in [0.4, 0.5) is 0 Å². The summed E-state index contributed by atoms with van der Waals surface area (Å²) in [6.45, 7) is 1.38. The van der Waals surface area contributed by atoms with Gasteiger partial charge in [-0.15, -0.1) is 0 Å². The van der Waals surface area contributed by atoms with Gasteiger partial charge < -0.3 is 39.7 Å². The van der Waals surface area contributed by atoms with E-state index in [1.54, 1.807) is 0 Å². The SMILES string of the molecule is CC(=O)OC[C@@H](O)[C@@H](OC(C)=O)[C@@H]1OC(O)(C(=O)O)C[C@H](O)[C@H]1O. The Morgan fingerprint density at radius 1 is 1.25 bits per heavy atom. The minimum atomic E-state index is -2.86. The molecule has 0 radical (unpaired) electrons. The molecule has 6 atom stereocenters. The van der Waals surface area contributed by atoms with Crippen molar-refractivity contribution < 1.29 is 54.1 Å². The minimum absolute atomic E-state index is 0.651. The Balaban J connectivity index is 3.06. The van der Waals surface area contributed by atoms with Crippen LogP contribution < -0.4 is 0 Å². The smallest absolute Gasteiger partial charge is 0.364 e. The quantitative estimate of drug-likeness (QED) is 0.310. The van der Waals surface area contributed by atoms with Crippen molar-refractivity contribution in [2.24, 2.45) is 0 Å². The van der Waals surface area contributed by atoms with E-state index in [-0.39, 0.29) is 0 Å². The number of hydrogen-bond acceptors (Lipinski definition) is 10. The summed E-state index contributed by atoms with van der Waals surface area (Å²) in [7, 11) is 0. The van der Waals surface area contributed by atoms with E-state index >= 15 is 0 Å². The van der Waals surface area contributed by atoms with Crippen molar-refractivity contribution in [1.82, 2.24) is 0 Å². The summed E-state index contributed by atoms with van der Waals surface area (Å²) in [4.78, 5) is 33.1. The molecular weight excluding hydrogens is 332 g/mol. The highest BCUT2D eigenvalue weighted by Crippen LogP contribution is 2.31. The second kappa shape index (κ2) is 7.85. The van der Waals surface area contributed by atoms with Crippen LogP contribution in [0.1, 0.15) is 20.3 Å². The molecule has 0 saturated carbocycles. The number of aliphatic carboxylic acids is 1. The van der Waals surface area contributed by atoms with Crippen LogP contribution in [0.25, 0.3) is 0 Å². The van der Waals surface area contributed by atoms with Crippen LogP contribution in [0.2, 0.25) is 0 Å². The molecule has 0 bridgehead atoms. The molecule has 1 aliphatic rings. The van der Waals surface area contributed by atoms with Gasteiger partial charge in [0.05, 0.1) is 6.10 Å². The van der Waals surface area contributed by atoms with Gasteiger partial charge in [0.15, 0.2) is 6.10 Å². The molecule has 1 fully saturated rings. The van der Waals surface area contributed by atoms with Crippen LogP contribution in [-0.2, 0) is 28.6 Å². The normalized spacial score (nSPS) is 32.5. The topological polar surface area (TPSA) is 180 Å². The first-order chi connectivity index (χ1) is 11.0. The fourth-order valence-corrected chi connectivity index (χ4v) is 2.22. The number of ether oxygens (including phenoxy) is 3. The minimum Gasteiger partial charge on any atom is -0.477 e. The van der Waals surface area contributed by atoms with Crippen molar-refractivity contribution in [3.05, 3.63) is 0 Å². The fraction of sp³-hybridized carbons (Fsp3) is 0.769. The van der Waals surface area contributed by atoms with E-state index in [9.17, 15) is 34.8 Å². The van der Waals surface area contributed by atoms with Crippen LogP contribution >= 0.6 is 0 Å². The first-order valence-corrected chi connectivity index (χ1v) is 6.96. The molecular formula is C13H20O11. The number of hydrogen-bond donors (Lipinski definition) is 5. The van der Waals surface area contributed by atoms with Crippen LogP contribution in [-0.4, -0.2) is 86.4 Å².